The number of hydrogen-bond acceptors (Lipinski definition) is 3. The molecule has 3 nitrogen and oxygen atoms in total. The number of halogens is 1. The molecule has 1 aliphatic heterocycles. The molecule has 0 spiro atoms. The predicted molar refractivity (Wildman–Crippen MR) is 75.8 cm³/mol. The van der Waals surface area contributed by atoms with E-state index in [9.17, 15) is 0 Å². The van der Waals surface area contributed by atoms with Gasteiger partial charge in [0.2, 0.25) is 0 Å². The number of rotatable bonds is 4. The minimum absolute atomic E-state index is 0.446. The number of anilines is 1. The highest BCUT2D eigenvalue weighted by Gasteiger charge is 2.19. The standard InChI is InChI=1S/C14H21ClN2O/c1-2-18-12-5-7-17(8-6-12)10-11-3-4-14(16)13(15)9-11/h3-4,9,12H,2,5-8,10,16H2,1H3. The van der Waals surface area contributed by atoms with Crippen molar-refractivity contribution in [2.24, 2.45) is 0 Å². The van der Waals surface area contributed by atoms with E-state index in [0.717, 1.165) is 39.1 Å². The Morgan fingerprint density at radius 3 is 2.72 bits per heavy atom. The fraction of sp³-hybridized carbons (Fsp3) is 0.571. The van der Waals surface area contributed by atoms with Crippen molar-refractivity contribution in [1.82, 2.24) is 4.90 Å². The lowest BCUT2D eigenvalue weighted by Crippen LogP contribution is -2.36. The van der Waals surface area contributed by atoms with Gasteiger partial charge < -0.3 is 10.5 Å². The number of ether oxygens (including phenoxy) is 1. The van der Waals surface area contributed by atoms with Gasteiger partial charge in [-0.15, -0.1) is 0 Å². The zero-order chi connectivity index (χ0) is 13.0. The molecule has 2 N–H and O–H groups in total. The Morgan fingerprint density at radius 2 is 2.11 bits per heavy atom. The summed E-state index contributed by atoms with van der Waals surface area (Å²) >= 11 is 6.03. The second-order valence-electron chi connectivity index (χ2n) is 4.79. The normalized spacial score (nSPS) is 18.1. The minimum Gasteiger partial charge on any atom is -0.398 e. The first-order valence-corrected chi connectivity index (χ1v) is 6.94. The van der Waals surface area contributed by atoms with E-state index in [1.54, 1.807) is 0 Å². The molecule has 0 amide bonds. The summed E-state index contributed by atoms with van der Waals surface area (Å²) in [5.74, 6) is 0. The molecule has 1 aromatic rings. The molecule has 18 heavy (non-hydrogen) atoms. The summed E-state index contributed by atoms with van der Waals surface area (Å²) in [6, 6.07) is 5.89. The molecule has 0 aliphatic carbocycles. The van der Waals surface area contributed by atoms with Gasteiger partial charge in [0.1, 0.15) is 0 Å². The van der Waals surface area contributed by atoms with Crippen LogP contribution in [0.1, 0.15) is 25.3 Å². The van der Waals surface area contributed by atoms with E-state index < -0.39 is 0 Å². The third-order valence-electron chi connectivity index (χ3n) is 3.41. The molecule has 0 unspecified atom stereocenters. The lowest BCUT2D eigenvalue weighted by molar-refractivity contribution is 0.0125. The van der Waals surface area contributed by atoms with Crippen molar-refractivity contribution in [2.45, 2.75) is 32.4 Å². The summed E-state index contributed by atoms with van der Waals surface area (Å²) < 4.78 is 5.65. The fourth-order valence-electron chi connectivity index (χ4n) is 2.40. The Hall–Kier alpha value is -0.770. The molecule has 1 aromatic carbocycles. The summed E-state index contributed by atoms with van der Waals surface area (Å²) in [5.41, 5.74) is 7.59. The number of hydrogen-bond donors (Lipinski definition) is 1. The molecule has 1 saturated heterocycles. The lowest BCUT2D eigenvalue weighted by atomic mass is 10.1. The van der Waals surface area contributed by atoms with Gasteiger partial charge in [0.25, 0.3) is 0 Å². The van der Waals surface area contributed by atoms with Crippen LogP contribution in [0.5, 0.6) is 0 Å². The van der Waals surface area contributed by atoms with E-state index in [1.165, 1.54) is 5.56 Å². The Balaban J connectivity index is 1.85. The zero-order valence-electron chi connectivity index (χ0n) is 10.9. The number of nitrogens with zero attached hydrogens (tertiary/aromatic N) is 1. The quantitative estimate of drug-likeness (QED) is 0.854. The number of nitrogens with two attached hydrogens (primary N) is 1. The van der Waals surface area contributed by atoms with Crippen LogP contribution in [0, 0.1) is 0 Å². The van der Waals surface area contributed by atoms with Crippen molar-refractivity contribution in [1.29, 1.82) is 0 Å². The Labute approximate surface area is 114 Å². The number of nitrogen functional groups attached to an aromatic ring is 1. The maximum Gasteiger partial charge on any atom is 0.0638 e. The van der Waals surface area contributed by atoms with E-state index in [4.69, 9.17) is 22.1 Å². The highest BCUT2D eigenvalue weighted by atomic mass is 35.5. The van der Waals surface area contributed by atoms with E-state index in [-0.39, 0.29) is 0 Å². The van der Waals surface area contributed by atoms with Gasteiger partial charge >= 0.3 is 0 Å². The van der Waals surface area contributed by atoms with Crippen LogP contribution in [0.2, 0.25) is 5.02 Å². The average molecular weight is 269 g/mol. The van der Waals surface area contributed by atoms with E-state index in [2.05, 4.69) is 17.9 Å². The number of piperidine rings is 1. The first-order chi connectivity index (χ1) is 8.69. The maximum atomic E-state index is 6.03. The lowest BCUT2D eigenvalue weighted by Gasteiger charge is -2.31. The Morgan fingerprint density at radius 1 is 1.39 bits per heavy atom. The van der Waals surface area contributed by atoms with Crippen LogP contribution >= 0.6 is 11.6 Å². The predicted octanol–water partition coefficient (Wildman–Crippen LogP) is 2.92. The van der Waals surface area contributed by atoms with E-state index >= 15 is 0 Å². The Bertz CT molecular complexity index is 389. The highest BCUT2D eigenvalue weighted by molar-refractivity contribution is 6.33. The maximum absolute atomic E-state index is 6.03. The van der Waals surface area contributed by atoms with Crippen LogP contribution in [0.25, 0.3) is 0 Å². The topological polar surface area (TPSA) is 38.5 Å². The first kappa shape index (κ1) is 13.7. The third-order valence-corrected chi connectivity index (χ3v) is 3.74. The van der Waals surface area contributed by atoms with Crippen LogP contribution in [0.4, 0.5) is 5.69 Å². The smallest absolute Gasteiger partial charge is 0.0638 e. The molecule has 1 heterocycles. The van der Waals surface area contributed by atoms with Gasteiger partial charge in [-0.3, -0.25) is 4.90 Å². The molecule has 100 valence electrons. The fourth-order valence-corrected chi connectivity index (χ4v) is 2.60. The minimum atomic E-state index is 0.446. The van der Waals surface area contributed by atoms with Gasteiger partial charge in [0.15, 0.2) is 0 Å². The molecule has 0 saturated carbocycles. The van der Waals surface area contributed by atoms with Gasteiger partial charge in [0.05, 0.1) is 16.8 Å². The SMILES string of the molecule is CCOC1CCN(Cc2ccc(N)c(Cl)c2)CC1. The van der Waals surface area contributed by atoms with Gasteiger partial charge in [0, 0.05) is 26.2 Å². The van der Waals surface area contributed by atoms with Crippen molar-refractivity contribution in [3.63, 3.8) is 0 Å². The molecule has 4 heteroatoms. The van der Waals surface area contributed by atoms with Crippen LogP contribution in [0.15, 0.2) is 18.2 Å². The largest absolute Gasteiger partial charge is 0.398 e. The monoisotopic (exact) mass is 268 g/mol. The van der Waals surface area contributed by atoms with Crippen molar-refractivity contribution in [3.05, 3.63) is 28.8 Å². The summed E-state index contributed by atoms with van der Waals surface area (Å²) in [6.07, 6.45) is 2.69. The van der Waals surface area contributed by atoms with Gasteiger partial charge in [-0.05, 0) is 37.5 Å². The molecular formula is C14H21ClN2O. The Kier molecular flexibility index (Phi) is 4.87. The first-order valence-electron chi connectivity index (χ1n) is 6.57. The van der Waals surface area contributed by atoms with Gasteiger partial charge in [-0.1, -0.05) is 17.7 Å². The molecule has 0 aromatic heterocycles. The summed E-state index contributed by atoms with van der Waals surface area (Å²) in [7, 11) is 0. The van der Waals surface area contributed by atoms with Gasteiger partial charge in [-0.2, -0.15) is 0 Å². The van der Waals surface area contributed by atoms with Gasteiger partial charge in [-0.25, -0.2) is 0 Å². The number of likely N-dealkylation sites (tertiary alicyclic amines) is 1. The summed E-state index contributed by atoms with van der Waals surface area (Å²) in [6.45, 7) is 6.00. The highest BCUT2D eigenvalue weighted by Crippen LogP contribution is 2.22. The van der Waals surface area contributed by atoms with Crippen molar-refractivity contribution in [2.75, 3.05) is 25.4 Å². The molecular weight excluding hydrogens is 248 g/mol. The molecule has 0 bridgehead atoms. The van der Waals surface area contributed by atoms with Crippen LogP contribution < -0.4 is 5.73 Å². The van der Waals surface area contributed by atoms with Crippen LogP contribution in [0.3, 0.4) is 0 Å². The molecule has 0 atom stereocenters. The molecule has 0 radical (unpaired) electrons. The van der Waals surface area contributed by atoms with Crippen LogP contribution in [-0.2, 0) is 11.3 Å². The van der Waals surface area contributed by atoms with Crippen molar-refractivity contribution in [3.8, 4) is 0 Å². The average Bonchev–Trinajstić information content (AvgIpc) is 2.37. The molecule has 2 rings (SSSR count). The van der Waals surface area contributed by atoms with E-state index in [1.807, 2.05) is 12.1 Å². The zero-order valence-corrected chi connectivity index (χ0v) is 11.6. The van der Waals surface area contributed by atoms with Crippen molar-refractivity contribution < 1.29 is 4.74 Å². The summed E-state index contributed by atoms with van der Waals surface area (Å²) in [5, 5.41) is 0.650. The van der Waals surface area contributed by atoms with Crippen molar-refractivity contribution >= 4 is 17.3 Å². The molecule has 1 fully saturated rings. The van der Waals surface area contributed by atoms with E-state index in [0.29, 0.717) is 16.8 Å². The second-order valence-corrected chi connectivity index (χ2v) is 5.19. The molecule has 1 aliphatic rings. The van der Waals surface area contributed by atoms with Crippen LogP contribution in [-0.4, -0.2) is 30.7 Å². The number of benzene rings is 1. The second kappa shape index (κ2) is 6.41. The summed E-state index contributed by atoms with van der Waals surface area (Å²) in [4.78, 5) is 2.44. The third kappa shape index (κ3) is 3.61.